The number of aliphatic imine (C=N–C) groups is 1. The largest absolute Gasteiger partial charge is 0.356 e. The molecule has 112 valence electrons. The molecule has 0 bridgehead atoms. The van der Waals surface area contributed by atoms with Crippen molar-refractivity contribution in [3.05, 3.63) is 18.5 Å². The quantitative estimate of drug-likeness (QED) is 0.478. The first kappa shape index (κ1) is 16.9. The first-order valence-corrected chi connectivity index (χ1v) is 6.82. The lowest BCUT2D eigenvalue weighted by atomic mass is 10.3. The number of piperazine rings is 1. The van der Waals surface area contributed by atoms with Gasteiger partial charge in [0.05, 0.1) is 0 Å². The predicted molar refractivity (Wildman–Crippen MR) is 92.9 cm³/mol. The zero-order valence-corrected chi connectivity index (χ0v) is 14.4. The standard InChI is InChI=1S/C13H22N6.HI/c1-3-5-15-12(14-2)18-8-10-19(11-9-18)13-16-6-4-7-17-13;/h4,6-7H,3,5,8-11H2,1-2H3,(H,14,15);1H. The maximum absolute atomic E-state index is 4.33. The summed E-state index contributed by atoms with van der Waals surface area (Å²) in [4.78, 5) is 17.4. The van der Waals surface area contributed by atoms with Crippen LogP contribution < -0.4 is 10.2 Å². The Bertz CT molecular complexity index is 403. The van der Waals surface area contributed by atoms with Crippen molar-refractivity contribution < 1.29 is 0 Å². The van der Waals surface area contributed by atoms with Gasteiger partial charge in [0.25, 0.3) is 0 Å². The SMILES string of the molecule is CCCNC(=NC)N1CCN(c2ncccn2)CC1.I. The summed E-state index contributed by atoms with van der Waals surface area (Å²) >= 11 is 0. The molecule has 1 aliphatic rings. The highest BCUT2D eigenvalue weighted by atomic mass is 127. The lowest BCUT2D eigenvalue weighted by Gasteiger charge is -2.36. The minimum absolute atomic E-state index is 0. The molecular weight excluding hydrogens is 367 g/mol. The van der Waals surface area contributed by atoms with Crippen LogP contribution in [-0.4, -0.2) is 60.6 Å². The smallest absolute Gasteiger partial charge is 0.225 e. The molecule has 0 aliphatic carbocycles. The summed E-state index contributed by atoms with van der Waals surface area (Å²) in [6, 6.07) is 1.84. The highest BCUT2D eigenvalue weighted by molar-refractivity contribution is 14.0. The van der Waals surface area contributed by atoms with Gasteiger partial charge in [0.1, 0.15) is 0 Å². The number of hydrogen-bond donors (Lipinski definition) is 1. The number of aromatic nitrogens is 2. The molecular formula is C13H23IN6. The molecule has 2 rings (SSSR count). The number of halogens is 1. The third-order valence-electron chi connectivity index (χ3n) is 3.16. The van der Waals surface area contributed by atoms with E-state index in [2.05, 4.69) is 37.0 Å². The molecule has 1 aliphatic heterocycles. The van der Waals surface area contributed by atoms with Gasteiger partial charge in [0.15, 0.2) is 5.96 Å². The van der Waals surface area contributed by atoms with Gasteiger partial charge >= 0.3 is 0 Å². The number of anilines is 1. The number of nitrogens with zero attached hydrogens (tertiary/aromatic N) is 5. The Morgan fingerprint density at radius 1 is 1.25 bits per heavy atom. The molecule has 20 heavy (non-hydrogen) atoms. The van der Waals surface area contributed by atoms with E-state index in [0.717, 1.165) is 51.1 Å². The Morgan fingerprint density at radius 2 is 1.90 bits per heavy atom. The van der Waals surface area contributed by atoms with Crippen LogP contribution in [0, 0.1) is 0 Å². The third-order valence-corrected chi connectivity index (χ3v) is 3.16. The summed E-state index contributed by atoms with van der Waals surface area (Å²) in [6.45, 7) is 6.87. The first-order chi connectivity index (χ1) is 9.35. The van der Waals surface area contributed by atoms with Gasteiger partial charge in [-0.3, -0.25) is 4.99 Å². The van der Waals surface area contributed by atoms with Gasteiger partial charge in [0, 0.05) is 52.2 Å². The van der Waals surface area contributed by atoms with E-state index in [1.165, 1.54) is 0 Å². The maximum atomic E-state index is 4.33. The van der Waals surface area contributed by atoms with E-state index in [1.807, 2.05) is 13.1 Å². The first-order valence-electron chi connectivity index (χ1n) is 6.82. The lowest BCUT2D eigenvalue weighted by molar-refractivity contribution is 0.370. The molecule has 0 unspecified atom stereocenters. The van der Waals surface area contributed by atoms with Gasteiger partial charge in [-0.25, -0.2) is 9.97 Å². The fourth-order valence-corrected chi connectivity index (χ4v) is 2.14. The molecule has 0 spiro atoms. The monoisotopic (exact) mass is 390 g/mol. The summed E-state index contributed by atoms with van der Waals surface area (Å²) in [5.41, 5.74) is 0. The normalized spacial score (nSPS) is 15.8. The van der Waals surface area contributed by atoms with E-state index in [0.29, 0.717) is 0 Å². The molecule has 0 radical (unpaired) electrons. The van der Waals surface area contributed by atoms with Crippen LogP contribution in [0.1, 0.15) is 13.3 Å². The van der Waals surface area contributed by atoms with Gasteiger partial charge in [0.2, 0.25) is 5.95 Å². The van der Waals surface area contributed by atoms with E-state index in [4.69, 9.17) is 0 Å². The Hall–Kier alpha value is -1.12. The van der Waals surface area contributed by atoms with Crippen molar-refractivity contribution in [2.24, 2.45) is 4.99 Å². The van der Waals surface area contributed by atoms with Crippen LogP contribution in [0.4, 0.5) is 5.95 Å². The van der Waals surface area contributed by atoms with E-state index >= 15 is 0 Å². The molecule has 1 fully saturated rings. The van der Waals surface area contributed by atoms with Crippen LogP contribution in [0.3, 0.4) is 0 Å². The van der Waals surface area contributed by atoms with Gasteiger partial charge in [-0.05, 0) is 12.5 Å². The molecule has 0 saturated carbocycles. The molecule has 2 heterocycles. The van der Waals surface area contributed by atoms with Crippen LogP contribution in [0.25, 0.3) is 0 Å². The van der Waals surface area contributed by atoms with Crippen molar-refractivity contribution in [3.8, 4) is 0 Å². The van der Waals surface area contributed by atoms with Gasteiger partial charge in [-0.2, -0.15) is 0 Å². The Balaban J connectivity index is 0.00000200. The predicted octanol–water partition coefficient (Wildman–Crippen LogP) is 1.20. The number of hydrogen-bond acceptors (Lipinski definition) is 4. The molecule has 1 aromatic heterocycles. The van der Waals surface area contributed by atoms with Crippen molar-refractivity contribution in [1.82, 2.24) is 20.2 Å². The fraction of sp³-hybridized carbons (Fsp3) is 0.615. The summed E-state index contributed by atoms with van der Waals surface area (Å²) < 4.78 is 0. The van der Waals surface area contributed by atoms with E-state index in [-0.39, 0.29) is 24.0 Å². The summed E-state index contributed by atoms with van der Waals surface area (Å²) in [6.07, 6.45) is 4.68. The zero-order valence-electron chi connectivity index (χ0n) is 12.1. The van der Waals surface area contributed by atoms with Crippen molar-refractivity contribution in [1.29, 1.82) is 0 Å². The van der Waals surface area contributed by atoms with Crippen LogP contribution in [0.15, 0.2) is 23.5 Å². The number of nitrogens with one attached hydrogen (secondary N) is 1. The van der Waals surface area contributed by atoms with Gasteiger partial charge in [-0.15, -0.1) is 24.0 Å². The molecule has 1 N–H and O–H groups in total. The molecule has 0 amide bonds. The Morgan fingerprint density at radius 3 is 2.45 bits per heavy atom. The lowest BCUT2D eigenvalue weighted by Crippen LogP contribution is -2.53. The molecule has 0 aromatic carbocycles. The average molecular weight is 390 g/mol. The number of guanidine groups is 1. The third kappa shape index (κ3) is 4.46. The Labute approximate surface area is 137 Å². The molecule has 7 heteroatoms. The molecule has 0 atom stereocenters. The second-order valence-electron chi connectivity index (χ2n) is 4.50. The van der Waals surface area contributed by atoms with E-state index in [9.17, 15) is 0 Å². The van der Waals surface area contributed by atoms with Crippen molar-refractivity contribution in [2.45, 2.75) is 13.3 Å². The second-order valence-corrected chi connectivity index (χ2v) is 4.50. The summed E-state index contributed by atoms with van der Waals surface area (Å²) in [7, 11) is 1.84. The van der Waals surface area contributed by atoms with E-state index < -0.39 is 0 Å². The zero-order chi connectivity index (χ0) is 13.5. The van der Waals surface area contributed by atoms with Crippen molar-refractivity contribution in [3.63, 3.8) is 0 Å². The Kier molecular flexibility index (Phi) is 7.56. The topological polar surface area (TPSA) is 56.7 Å². The molecule has 1 aromatic rings. The summed E-state index contributed by atoms with van der Waals surface area (Å²) in [5.74, 6) is 1.81. The number of rotatable bonds is 3. The highest BCUT2D eigenvalue weighted by Crippen LogP contribution is 2.09. The van der Waals surface area contributed by atoms with Crippen molar-refractivity contribution in [2.75, 3.05) is 44.7 Å². The summed E-state index contributed by atoms with van der Waals surface area (Å²) in [5, 5.41) is 3.37. The fourth-order valence-electron chi connectivity index (χ4n) is 2.14. The van der Waals surface area contributed by atoms with Crippen molar-refractivity contribution >= 4 is 35.9 Å². The molecule has 1 saturated heterocycles. The minimum Gasteiger partial charge on any atom is -0.356 e. The van der Waals surface area contributed by atoms with Crippen LogP contribution in [-0.2, 0) is 0 Å². The average Bonchev–Trinajstić information content (AvgIpc) is 2.49. The van der Waals surface area contributed by atoms with Crippen LogP contribution in [0.5, 0.6) is 0 Å². The second kappa shape index (κ2) is 8.93. The van der Waals surface area contributed by atoms with Gasteiger partial charge in [-0.1, -0.05) is 6.92 Å². The van der Waals surface area contributed by atoms with Crippen LogP contribution in [0.2, 0.25) is 0 Å². The highest BCUT2D eigenvalue weighted by Gasteiger charge is 2.20. The van der Waals surface area contributed by atoms with E-state index in [1.54, 1.807) is 12.4 Å². The van der Waals surface area contributed by atoms with Crippen LogP contribution >= 0.6 is 24.0 Å². The minimum atomic E-state index is 0. The molecule has 6 nitrogen and oxygen atoms in total. The maximum Gasteiger partial charge on any atom is 0.225 e. The van der Waals surface area contributed by atoms with Gasteiger partial charge < -0.3 is 15.1 Å².